The Kier molecular flexibility index (Phi) is 1.81. The molecule has 0 atom stereocenters. The number of nitrogens with zero attached hydrogens (tertiary/aromatic N) is 4. The van der Waals surface area contributed by atoms with Crippen LogP contribution in [0.3, 0.4) is 0 Å². The SMILES string of the molecule is N#Cc1c(N2CCCC2)cnn1O. The number of hydrogen-bond donors (Lipinski definition) is 1. The summed E-state index contributed by atoms with van der Waals surface area (Å²) >= 11 is 0. The minimum Gasteiger partial charge on any atom is -0.411 e. The van der Waals surface area contributed by atoms with Crippen molar-refractivity contribution in [2.75, 3.05) is 18.0 Å². The monoisotopic (exact) mass is 178 g/mol. The van der Waals surface area contributed by atoms with Gasteiger partial charge in [0.25, 0.3) is 0 Å². The van der Waals surface area contributed by atoms with Gasteiger partial charge in [-0.2, -0.15) is 5.26 Å². The smallest absolute Gasteiger partial charge is 0.203 e. The Morgan fingerprint density at radius 3 is 2.77 bits per heavy atom. The molecular formula is C8H10N4O. The first kappa shape index (κ1) is 7.92. The highest BCUT2D eigenvalue weighted by atomic mass is 16.5. The fourth-order valence-corrected chi connectivity index (χ4v) is 1.62. The molecule has 0 aliphatic carbocycles. The van der Waals surface area contributed by atoms with E-state index in [-0.39, 0.29) is 5.69 Å². The third-order valence-corrected chi connectivity index (χ3v) is 2.28. The molecular weight excluding hydrogens is 168 g/mol. The summed E-state index contributed by atoms with van der Waals surface area (Å²) in [6, 6.07) is 1.93. The third-order valence-electron chi connectivity index (χ3n) is 2.28. The number of rotatable bonds is 1. The zero-order chi connectivity index (χ0) is 9.26. The number of anilines is 1. The Hall–Kier alpha value is -1.70. The van der Waals surface area contributed by atoms with E-state index < -0.39 is 0 Å². The Bertz CT molecular complexity index is 346. The van der Waals surface area contributed by atoms with Crippen molar-refractivity contribution in [1.82, 2.24) is 9.94 Å². The maximum atomic E-state index is 9.15. The van der Waals surface area contributed by atoms with Crippen LogP contribution < -0.4 is 4.90 Å². The molecule has 1 aliphatic heterocycles. The topological polar surface area (TPSA) is 65.1 Å². The highest BCUT2D eigenvalue weighted by molar-refractivity contribution is 5.55. The molecule has 1 saturated heterocycles. The summed E-state index contributed by atoms with van der Waals surface area (Å²) in [5.41, 5.74) is 0.962. The van der Waals surface area contributed by atoms with Crippen LogP contribution in [0.2, 0.25) is 0 Å². The summed E-state index contributed by atoms with van der Waals surface area (Å²) in [5, 5.41) is 21.5. The zero-order valence-electron chi connectivity index (χ0n) is 7.14. The molecule has 5 nitrogen and oxygen atoms in total. The molecule has 5 heteroatoms. The predicted octanol–water partition coefficient (Wildman–Crippen LogP) is 0.592. The van der Waals surface area contributed by atoms with Crippen LogP contribution in [0.25, 0.3) is 0 Å². The second-order valence-electron chi connectivity index (χ2n) is 3.07. The second-order valence-corrected chi connectivity index (χ2v) is 3.07. The van der Waals surface area contributed by atoms with Gasteiger partial charge in [0.2, 0.25) is 5.69 Å². The predicted molar refractivity (Wildman–Crippen MR) is 45.6 cm³/mol. The van der Waals surface area contributed by atoms with E-state index in [2.05, 4.69) is 10.00 Å². The van der Waals surface area contributed by atoms with Gasteiger partial charge in [0.15, 0.2) is 0 Å². The minimum absolute atomic E-state index is 0.224. The molecule has 1 fully saturated rings. The normalized spacial score (nSPS) is 16.1. The third kappa shape index (κ3) is 1.20. The fourth-order valence-electron chi connectivity index (χ4n) is 1.62. The van der Waals surface area contributed by atoms with E-state index in [1.165, 1.54) is 6.20 Å². The maximum Gasteiger partial charge on any atom is 0.203 e. The van der Waals surface area contributed by atoms with Crippen molar-refractivity contribution < 1.29 is 5.21 Å². The average molecular weight is 178 g/mol. The van der Waals surface area contributed by atoms with E-state index in [1.807, 2.05) is 6.07 Å². The highest BCUT2D eigenvalue weighted by Crippen LogP contribution is 2.22. The summed E-state index contributed by atoms with van der Waals surface area (Å²) < 4.78 is 0. The Labute approximate surface area is 75.8 Å². The summed E-state index contributed by atoms with van der Waals surface area (Å²) in [6.07, 6.45) is 3.81. The largest absolute Gasteiger partial charge is 0.411 e. The van der Waals surface area contributed by atoms with Crippen molar-refractivity contribution in [1.29, 1.82) is 5.26 Å². The van der Waals surface area contributed by atoms with Crippen LogP contribution in [-0.2, 0) is 0 Å². The van der Waals surface area contributed by atoms with Gasteiger partial charge >= 0.3 is 0 Å². The van der Waals surface area contributed by atoms with Crippen molar-refractivity contribution in [2.45, 2.75) is 12.8 Å². The summed E-state index contributed by atoms with van der Waals surface area (Å²) in [7, 11) is 0. The molecule has 68 valence electrons. The van der Waals surface area contributed by atoms with Crippen molar-refractivity contribution in [3.63, 3.8) is 0 Å². The van der Waals surface area contributed by atoms with E-state index >= 15 is 0 Å². The fraction of sp³-hybridized carbons (Fsp3) is 0.500. The number of aromatic nitrogens is 2. The number of nitriles is 1. The molecule has 2 rings (SSSR count). The van der Waals surface area contributed by atoms with Crippen LogP contribution in [0.4, 0.5) is 5.69 Å². The number of hydrogen-bond acceptors (Lipinski definition) is 4. The second kappa shape index (κ2) is 2.98. The highest BCUT2D eigenvalue weighted by Gasteiger charge is 2.19. The lowest BCUT2D eigenvalue weighted by atomic mass is 10.3. The lowest BCUT2D eigenvalue weighted by Gasteiger charge is -2.14. The van der Waals surface area contributed by atoms with Crippen LogP contribution in [0.15, 0.2) is 6.20 Å². The standard InChI is InChI=1S/C8H10N4O/c9-5-7-8(6-10-12(7)13)11-3-1-2-4-11/h6,13H,1-4H2. The molecule has 0 amide bonds. The van der Waals surface area contributed by atoms with Crippen LogP contribution in [-0.4, -0.2) is 28.2 Å². The Morgan fingerprint density at radius 1 is 1.46 bits per heavy atom. The minimum atomic E-state index is 0.224. The van der Waals surface area contributed by atoms with Crippen molar-refractivity contribution in [2.24, 2.45) is 0 Å². The first-order chi connectivity index (χ1) is 6.33. The zero-order valence-corrected chi connectivity index (χ0v) is 7.14. The Morgan fingerprint density at radius 2 is 2.15 bits per heavy atom. The molecule has 1 aromatic heterocycles. The quantitative estimate of drug-likeness (QED) is 0.639. The van der Waals surface area contributed by atoms with Crippen molar-refractivity contribution in [3.05, 3.63) is 11.9 Å². The van der Waals surface area contributed by atoms with Gasteiger partial charge in [-0.15, -0.1) is 5.10 Å². The van der Waals surface area contributed by atoms with Crippen LogP contribution in [0.5, 0.6) is 0 Å². The molecule has 1 N–H and O–H groups in total. The lowest BCUT2D eigenvalue weighted by Crippen LogP contribution is -2.18. The molecule has 0 saturated carbocycles. The van der Waals surface area contributed by atoms with Crippen molar-refractivity contribution >= 4 is 5.69 Å². The van der Waals surface area contributed by atoms with Gasteiger partial charge in [-0.05, 0) is 12.8 Å². The Balaban J connectivity index is 2.34. The molecule has 1 aliphatic rings. The van der Waals surface area contributed by atoms with Crippen molar-refractivity contribution in [3.8, 4) is 6.07 Å². The lowest BCUT2D eigenvalue weighted by molar-refractivity contribution is 0.146. The van der Waals surface area contributed by atoms with Gasteiger partial charge in [0.05, 0.1) is 11.9 Å². The van der Waals surface area contributed by atoms with Gasteiger partial charge in [-0.3, -0.25) is 0 Å². The van der Waals surface area contributed by atoms with Gasteiger partial charge < -0.3 is 10.1 Å². The van der Waals surface area contributed by atoms with E-state index in [0.29, 0.717) is 4.85 Å². The summed E-state index contributed by atoms with van der Waals surface area (Å²) in [4.78, 5) is 2.70. The van der Waals surface area contributed by atoms with Gasteiger partial charge in [0.1, 0.15) is 6.07 Å². The molecule has 2 heterocycles. The van der Waals surface area contributed by atoms with Gasteiger partial charge in [-0.1, -0.05) is 4.85 Å². The molecule has 1 aromatic rings. The first-order valence-electron chi connectivity index (χ1n) is 4.25. The molecule has 0 aromatic carbocycles. The maximum absolute atomic E-state index is 9.15. The molecule has 0 radical (unpaired) electrons. The van der Waals surface area contributed by atoms with Crippen LogP contribution in [0.1, 0.15) is 18.5 Å². The summed E-state index contributed by atoms with van der Waals surface area (Å²) in [5.74, 6) is 0. The van der Waals surface area contributed by atoms with E-state index in [9.17, 15) is 0 Å². The molecule has 0 bridgehead atoms. The molecule has 0 unspecified atom stereocenters. The van der Waals surface area contributed by atoms with Crippen LogP contribution in [0, 0.1) is 11.3 Å². The van der Waals surface area contributed by atoms with E-state index in [1.54, 1.807) is 0 Å². The van der Waals surface area contributed by atoms with E-state index in [0.717, 1.165) is 31.6 Å². The summed E-state index contributed by atoms with van der Waals surface area (Å²) in [6.45, 7) is 1.89. The molecule has 0 spiro atoms. The molecule has 13 heavy (non-hydrogen) atoms. The van der Waals surface area contributed by atoms with Crippen LogP contribution >= 0.6 is 0 Å². The van der Waals surface area contributed by atoms with E-state index in [4.69, 9.17) is 10.5 Å². The van der Waals surface area contributed by atoms with Gasteiger partial charge in [-0.25, -0.2) is 0 Å². The average Bonchev–Trinajstić information content (AvgIpc) is 2.71. The van der Waals surface area contributed by atoms with Gasteiger partial charge in [0, 0.05) is 13.1 Å². The first-order valence-corrected chi connectivity index (χ1v) is 4.25.